The lowest BCUT2D eigenvalue weighted by Gasteiger charge is -2.31. The molecule has 1 aliphatic carbocycles. The minimum absolute atomic E-state index is 0.0544. The maximum atomic E-state index is 14.8. The first kappa shape index (κ1) is 32.4. The summed E-state index contributed by atoms with van der Waals surface area (Å²) in [7, 11) is 1.90. The van der Waals surface area contributed by atoms with E-state index in [1.807, 2.05) is 20.9 Å². The van der Waals surface area contributed by atoms with E-state index in [1.165, 1.54) is 6.07 Å². The van der Waals surface area contributed by atoms with Crippen LogP contribution in [0.15, 0.2) is 16.9 Å². The van der Waals surface area contributed by atoms with Gasteiger partial charge < -0.3 is 29.8 Å². The van der Waals surface area contributed by atoms with Gasteiger partial charge in [0, 0.05) is 34.7 Å². The topological polar surface area (TPSA) is 123 Å². The molecule has 0 fully saturated rings. The van der Waals surface area contributed by atoms with Crippen molar-refractivity contribution in [2.75, 3.05) is 13.6 Å². The largest absolute Gasteiger partial charge is 0.458 e. The van der Waals surface area contributed by atoms with Gasteiger partial charge in [0.1, 0.15) is 18.7 Å². The fraction of sp³-hybridized carbons (Fsp3) is 0.515. The highest BCUT2D eigenvalue weighted by atomic mass is 19.1. The number of pyridine rings is 2. The molecule has 43 heavy (non-hydrogen) atoms. The molecule has 0 bridgehead atoms. The Hall–Kier alpha value is -3.47. The fourth-order valence-electron chi connectivity index (χ4n) is 6.24. The molecular weight excluding hydrogens is 551 g/mol. The van der Waals surface area contributed by atoms with Crippen LogP contribution in [0.25, 0.3) is 22.3 Å². The number of hydrogen-bond acceptors (Lipinski definition) is 8. The van der Waals surface area contributed by atoms with Crippen LogP contribution in [-0.2, 0) is 39.5 Å². The quantitative estimate of drug-likeness (QED) is 0.223. The number of carbonyl (C=O) groups excluding carboxylic acids is 2. The summed E-state index contributed by atoms with van der Waals surface area (Å²) in [5.74, 6) is -1.04. The molecule has 3 aromatic rings. The average Bonchev–Trinajstić information content (AvgIpc) is 3.40. The van der Waals surface area contributed by atoms with Gasteiger partial charge in [-0.15, -0.1) is 0 Å². The number of nitrogens with one attached hydrogen (secondary N) is 2. The van der Waals surface area contributed by atoms with Gasteiger partial charge in [0.2, 0.25) is 0 Å². The van der Waals surface area contributed by atoms with Crippen LogP contribution in [0.3, 0.4) is 0 Å². The Morgan fingerprint density at radius 3 is 2.58 bits per heavy atom. The summed E-state index contributed by atoms with van der Waals surface area (Å²) in [6.45, 7) is 12.3. The second kappa shape index (κ2) is 13.0. The first-order valence-electron chi connectivity index (χ1n) is 15.3. The number of aldehydes is 1. The smallest absolute Gasteiger partial charge is 0.343 e. The van der Waals surface area contributed by atoms with Gasteiger partial charge in [-0.1, -0.05) is 27.7 Å². The molecule has 0 radical (unpaired) electrons. The molecule has 4 heterocycles. The number of esters is 1. The maximum Gasteiger partial charge on any atom is 0.343 e. The van der Waals surface area contributed by atoms with Gasteiger partial charge in [-0.25, -0.2) is 14.2 Å². The summed E-state index contributed by atoms with van der Waals surface area (Å²) in [5.41, 5.74) is 3.71. The summed E-state index contributed by atoms with van der Waals surface area (Å²) in [6, 6.07) is 3.69. The standard InChI is InChI=1S/C25H24FN3O4.C6H13NO.C2H6/c1-4-25(32)15-7-19-22-13(9-29(19)23(30)14(15)10-33-24(25)31)21-17(27-3)6-5-12-11(2)16(26)8-18(28-22)20(12)21;1-3-6(2)7-4-5-8;1-2/h7-8,17,27,32H,4-6,9-10H2,1-3H3;5-7H,3-4H2,1-2H3;1-2H3. The number of benzene rings is 1. The number of fused-ring (bicyclic) bond motifs is 5. The highest BCUT2D eigenvalue weighted by Gasteiger charge is 2.45. The molecule has 0 amide bonds. The number of rotatable bonds is 6. The number of nitrogens with zero attached hydrogens (tertiary/aromatic N) is 2. The van der Waals surface area contributed by atoms with Gasteiger partial charge in [0.05, 0.1) is 35.6 Å². The zero-order valence-electron chi connectivity index (χ0n) is 26.2. The van der Waals surface area contributed by atoms with Crippen LogP contribution in [0.4, 0.5) is 4.39 Å². The zero-order chi connectivity index (χ0) is 31.6. The van der Waals surface area contributed by atoms with E-state index in [0.29, 0.717) is 47.2 Å². The first-order valence-corrected chi connectivity index (χ1v) is 15.3. The molecule has 232 valence electrons. The van der Waals surface area contributed by atoms with Gasteiger partial charge >= 0.3 is 5.97 Å². The molecule has 3 aliphatic rings. The second-order valence-electron chi connectivity index (χ2n) is 11.1. The molecule has 0 saturated heterocycles. The molecule has 3 N–H and O–H groups in total. The van der Waals surface area contributed by atoms with E-state index in [9.17, 15) is 23.9 Å². The molecule has 9 nitrogen and oxygen atoms in total. The lowest BCUT2D eigenvalue weighted by molar-refractivity contribution is -0.172. The Kier molecular flexibility index (Phi) is 9.83. The average molecular weight is 595 g/mol. The van der Waals surface area contributed by atoms with E-state index < -0.39 is 11.6 Å². The predicted molar refractivity (Wildman–Crippen MR) is 165 cm³/mol. The van der Waals surface area contributed by atoms with Gasteiger partial charge in [-0.2, -0.15) is 0 Å². The van der Waals surface area contributed by atoms with Crippen molar-refractivity contribution < 1.29 is 23.8 Å². The van der Waals surface area contributed by atoms with Crippen LogP contribution in [0.1, 0.15) is 93.3 Å². The summed E-state index contributed by atoms with van der Waals surface area (Å²) >= 11 is 0. The second-order valence-corrected chi connectivity index (χ2v) is 11.1. The van der Waals surface area contributed by atoms with Crippen molar-refractivity contribution in [2.24, 2.45) is 0 Å². The highest BCUT2D eigenvalue weighted by Crippen LogP contribution is 2.45. The van der Waals surface area contributed by atoms with Gasteiger partial charge in [0.15, 0.2) is 5.60 Å². The summed E-state index contributed by atoms with van der Waals surface area (Å²) in [6.07, 6.45) is 3.61. The van der Waals surface area contributed by atoms with Crippen molar-refractivity contribution in [3.8, 4) is 11.4 Å². The lowest BCUT2D eigenvalue weighted by Crippen LogP contribution is -2.44. The van der Waals surface area contributed by atoms with E-state index in [4.69, 9.17) is 9.72 Å². The number of aryl methyl sites for hydroxylation is 1. The van der Waals surface area contributed by atoms with E-state index in [1.54, 1.807) is 24.5 Å². The maximum absolute atomic E-state index is 14.8. The van der Waals surface area contributed by atoms with Crippen molar-refractivity contribution >= 4 is 23.2 Å². The summed E-state index contributed by atoms with van der Waals surface area (Å²) < 4.78 is 21.5. The molecule has 3 atom stereocenters. The molecule has 6 rings (SSSR count). The number of ether oxygens (including phenoxy) is 1. The molecular formula is C33H43FN4O5. The summed E-state index contributed by atoms with van der Waals surface area (Å²) in [4.78, 5) is 40.5. The third-order valence-electron chi connectivity index (χ3n) is 8.89. The van der Waals surface area contributed by atoms with Crippen molar-refractivity contribution in [1.82, 2.24) is 20.2 Å². The fourth-order valence-corrected chi connectivity index (χ4v) is 6.24. The van der Waals surface area contributed by atoms with Crippen LogP contribution >= 0.6 is 0 Å². The Labute approximate surface area is 251 Å². The van der Waals surface area contributed by atoms with Crippen molar-refractivity contribution in [3.05, 3.63) is 61.7 Å². The van der Waals surface area contributed by atoms with Crippen molar-refractivity contribution in [1.29, 1.82) is 0 Å². The van der Waals surface area contributed by atoms with E-state index in [0.717, 1.165) is 47.6 Å². The Morgan fingerprint density at radius 1 is 1.23 bits per heavy atom. The third-order valence-corrected chi connectivity index (χ3v) is 8.89. The van der Waals surface area contributed by atoms with Crippen LogP contribution in [0.2, 0.25) is 0 Å². The van der Waals surface area contributed by atoms with E-state index >= 15 is 0 Å². The number of cyclic esters (lactones) is 1. The SMILES string of the molecule is CC.CCC(C)NCC=O.CCC1(O)C(=O)OCc2c1cc1n(c2=O)Cc2c-1nc1cc(F)c(C)c3c1c2C(NC)CC3. The minimum atomic E-state index is -1.87. The molecule has 3 unspecified atom stereocenters. The van der Waals surface area contributed by atoms with Crippen molar-refractivity contribution in [3.63, 3.8) is 0 Å². The van der Waals surface area contributed by atoms with Crippen LogP contribution in [0.5, 0.6) is 0 Å². The lowest BCUT2D eigenvalue weighted by atomic mass is 9.81. The Bertz CT molecular complexity index is 1620. The van der Waals surface area contributed by atoms with Gasteiger partial charge in [0.25, 0.3) is 5.56 Å². The number of aromatic nitrogens is 2. The van der Waals surface area contributed by atoms with Crippen LogP contribution in [0, 0.1) is 12.7 Å². The Balaban J connectivity index is 0.000000370. The number of aliphatic hydroxyl groups is 1. The number of carbonyl (C=O) groups is 2. The van der Waals surface area contributed by atoms with Gasteiger partial charge in [-0.3, -0.25) is 4.79 Å². The molecule has 10 heteroatoms. The van der Waals surface area contributed by atoms with E-state index in [-0.39, 0.29) is 36.0 Å². The molecule has 1 aromatic carbocycles. The van der Waals surface area contributed by atoms with Crippen molar-refractivity contribution in [2.45, 2.75) is 98.1 Å². The third kappa shape index (κ3) is 5.41. The molecule has 0 spiro atoms. The first-order chi connectivity index (χ1) is 20.6. The minimum Gasteiger partial charge on any atom is -0.458 e. The normalized spacial score (nSPS) is 20.0. The zero-order valence-corrected chi connectivity index (χ0v) is 26.2. The number of halogens is 1. The van der Waals surface area contributed by atoms with Crippen LogP contribution in [-0.4, -0.2) is 46.5 Å². The van der Waals surface area contributed by atoms with Gasteiger partial charge in [-0.05, 0) is 69.3 Å². The van der Waals surface area contributed by atoms with Crippen LogP contribution < -0.4 is 16.2 Å². The molecule has 0 saturated carbocycles. The predicted octanol–water partition coefficient (Wildman–Crippen LogP) is 4.33. The summed E-state index contributed by atoms with van der Waals surface area (Å²) in [5, 5.41) is 18.4. The molecule has 2 aliphatic heterocycles. The van der Waals surface area contributed by atoms with E-state index in [2.05, 4.69) is 24.5 Å². The number of hydrogen-bond donors (Lipinski definition) is 3. The highest BCUT2D eigenvalue weighted by molar-refractivity contribution is 5.93. The molecule has 2 aromatic heterocycles. The monoisotopic (exact) mass is 594 g/mol. The Morgan fingerprint density at radius 2 is 1.95 bits per heavy atom.